The van der Waals surface area contributed by atoms with Crippen LogP contribution >= 0.6 is 0 Å². The zero-order chi connectivity index (χ0) is 15.3. The number of hydrogen-bond acceptors (Lipinski definition) is 2. The molecule has 0 radical (unpaired) electrons. The first-order valence-electron chi connectivity index (χ1n) is 6.76. The van der Waals surface area contributed by atoms with Crippen molar-refractivity contribution in [2.75, 3.05) is 18.5 Å². The van der Waals surface area contributed by atoms with Crippen molar-refractivity contribution >= 4 is 17.7 Å². The van der Waals surface area contributed by atoms with Gasteiger partial charge in [0.2, 0.25) is 0 Å². The number of para-hydroxylation sites is 1. The molecule has 5 heteroatoms. The fourth-order valence-corrected chi connectivity index (χ4v) is 2.21. The number of carboxylic acids is 1. The molecule has 0 heterocycles. The van der Waals surface area contributed by atoms with E-state index in [4.69, 9.17) is 5.11 Å². The van der Waals surface area contributed by atoms with Gasteiger partial charge in [-0.15, -0.1) is 0 Å². The van der Waals surface area contributed by atoms with Gasteiger partial charge in [0.15, 0.2) is 0 Å². The van der Waals surface area contributed by atoms with E-state index in [2.05, 4.69) is 0 Å². The first-order valence-corrected chi connectivity index (χ1v) is 6.76. The molecule has 1 aromatic rings. The van der Waals surface area contributed by atoms with Crippen LogP contribution in [0.15, 0.2) is 24.3 Å². The summed E-state index contributed by atoms with van der Waals surface area (Å²) in [6.45, 7) is 6.05. The number of aliphatic carboxylic acids is 1. The smallest absolute Gasteiger partial charge is 0.326 e. The summed E-state index contributed by atoms with van der Waals surface area (Å²) in [5.74, 6) is -0.982. The summed E-state index contributed by atoms with van der Waals surface area (Å²) < 4.78 is 0. The van der Waals surface area contributed by atoms with Crippen molar-refractivity contribution in [1.29, 1.82) is 0 Å². The Balaban J connectivity index is 3.04. The lowest BCUT2D eigenvalue weighted by Crippen LogP contribution is -2.49. The standard InChI is InChI=1S/C15H22N2O3/c1-5-12(14(18)19)16(4)15(20)17(6-2)13-10-8-7-9-11(13)3/h7-10,12H,5-6H2,1-4H3,(H,18,19). The fourth-order valence-electron chi connectivity index (χ4n) is 2.21. The van der Waals surface area contributed by atoms with Crippen LogP contribution in [0.25, 0.3) is 0 Å². The second-order valence-electron chi connectivity index (χ2n) is 4.69. The molecule has 0 fully saturated rings. The summed E-state index contributed by atoms with van der Waals surface area (Å²) in [5.41, 5.74) is 1.80. The van der Waals surface area contributed by atoms with Crippen molar-refractivity contribution in [2.45, 2.75) is 33.2 Å². The lowest BCUT2D eigenvalue weighted by Gasteiger charge is -2.31. The fraction of sp³-hybridized carbons (Fsp3) is 0.467. The maximum Gasteiger partial charge on any atom is 0.326 e. The monoisotopic (exact) mass is 278 g/mol. The van der Waals surface area contributed by atoms with Crippen LogP contribution in [0.1, 0.15) is 25.8 Å². The van der Waals surface area contributed by atoms with E-state index in [9.17, 15) is 9.59 Å². The van der Waals surface area contributed by atoms with E-state index in [-0.39, 0.29) is 6.03 Å². The molecule has 1 atom stereocenters. The Kier molecular flexibility index (Phi) is 5.55. The minimum atomic E-state index is -0.982. The minimum Gasteiger partial charge on any atom is -0.480 e. The third-order valence-electron chi connectivity index (χ3n) is 3.39. The van der Waals surface area contributed by atoms with Gasteiger partial charge in [-0.2, -0.15) is 0 Å². The summed E-state index contributed by atoms with van der Waals surface area (Å²) in [6, 6.07) is 6.47. The Hall–Kier alpha value is -2.04. The Labute approximate surface area is 119 Å². The summed E-state index contributed by atoms with van der Waals surface area (Å²) >= 11 is 0. The van der Waals surface area contributed by atoms with Gasteiger partial charge in [-0.05, 0) is 31.9 Å². The number of amides is 2. The van der Waals surface area contributed by atoms with Crippen molar-refractivity contribution in [3.05, 3.63) is 29.8 Å². The van der Waals surface area contributed by atoms with E-state index in [1.807, 2.05) is 38.1 Å². The van der Waals surface area contributed by atoms with E-state index in [0.29, 0.717) is 13.0 Å². The normalized spacial score (nSPS) is 11.8. The second kappa shape index (κ2) is 6.93. The lowest BCUT2D eigenvalue weighted by molar-refractivity contribution is -0.141. The number of anilines is 1. The highest BCUT2D eigenvalue weighted by atomic mass is 16.4. The number of benzene rings is 1. The molecule has 110 valence electrons. The first kappa shape index (κ1) is 16.0. The molecule has 20 heavy (non-hydrogen) atoms. The maximum absolute atomic E-state index is 12.5. The van der Waals surface area contributed by atoms with Gasteiger partial charge >= 0.3 is 12.0 Å². The van der Waals surface area contributed by atoms with Crippen molar-refractivity contribution in [2.24, 2.45) is 0 Å². The SMILES string of the molecule is CCC(C(=O)O)N(C)C(=O)N(CC)c1ccccc1C. The largest absolute Gasteiger partial charge is 0.480 e. The molecule has 2 amide bonds. The lowest BCUT2D eigenvalue weighted by atomic mass is 10.1. The predicted octanol–water partition coefficient (Wildman–Crippen LogP) is 2.74. The van der Waals surface area contributed by atoms with Gasteiger partial charge in [-0.25, -0.2) is 9.59 Å². The Morgan fingerprint density at radius 2 is 1.85 bits per heavy atom. The summed E-state index contributed by atoms with van der Waals surface area (Å²) in [7, 11) is 1.53. The Bertz CT molecular complexity index is 488. The number of carbonyl (C=O) groups excluding carboxylic acids is 1. The minimum absolute atomic E-state index is 0.295. The molecular weight excluding hydrogens is 256 g/mol. The Morgan fingerprint density at radius 1 is 1.25 bits per heavy atom. The topological polar surface area (TPSA) is 60.9 Å². The maximum atomic E-state index is 12.5. The van der Waals surface area contributed by atoms with Crippen LogP contribution in [-0.4, -0.2) is 41.6 Å². The second-order valence-corrected chi connectivity index (χ2v) is 4.69. The molecule has 0 aliphatic rings. The number of nitrogens with zero attached hydrogens (tertiary/aromatic N) is 2. The number of hydrogen-bond donors (Lipinski definition) is 1. The van der Waals surface area contributed by atoms with Crippen molar-refractivity contribution in [1.82, 2.24) is 4.90 Å². The van der Waals surface area contributed by atoms with Gasteiger partial charge < -0.3 is 10.0 Å². The number of carbonyl (C=O) groups is 2. The molecule has 5 nitrogen and oxygen atoms in total. The molecule has 0 saturated heterocycles. The number of likely N-dealkylation sites (N-methyl/N-ethyl adjacent to an activating group) is 1. The predicted molar refractivity (Wildman–Crippen MR) is 79.1 cm³/mol. The van der Waals surface area contributed by atoms with Crippen LogP contribution in [0, 0.1) is 6.92 Å². The quantitative estimate of drug-likeness (QED) is 0.901. The van der Waals surface area contributed by atoms with Crippen molar-refractivity contribution in [3.8, 4) is 0 Å². The van der Waals surface area contributed by atoms with Crippen molar-refractivity contribution in [3.63, 3.8) is 0 Å². The highest BCUT2D eigenvalue weighted by Gasteiger charge is 2.28. The summed E-state index contributed by atoms with van der Waals surface area (Å²) in [5, 5.41) is 9.16. The molecule has 0 saturated carbocycles. The van der Waals surface area contributed by atoms with Gasteiger partial charge in [0, 0.05) is 19.3 Å². The van der Waals surface area contributed by atoms with E-state index in [1.165, 1.54) is 11.9 Å². The molecule has 1 aromatic carbocycles. The zero-order valence-corrected chi connectivity index (χ0v) is 12.5. The van der Waals surface area contributed by atoms with Gasteiger partial charge in [-0.3, -0.25) is 4.90 Å². The van der Waals surface area contributed by atoms with Gasteiger partial charge in [0.05, 0.1) is 0 Å². The summed E-state index contributed by atoms with van der Waals surface area (Å²) in [6.07, 6.45) is 0.378. The number of rotatable bonds is 5. The average molecular weight is 278 g/mol. The number of carboxylic acid groups (broad SMARTS) is 1. The molecule has 1 N–H and O–H groups in total. The van der Waals surface area contributed by atoms with E-state index < -0.39 is 12.0 Å². The molecule has 0 bridgehead atoms. The molecule has 0 spiro atoms. The van der Waals surface area contributed by atoms with Crippen LogP contribution in [0.4, 0.5) is 10.5 Å². The molecule has 0 aliphatic heterocycles. The number of aryl methyl sites for hydroxylation is 1. The van der Waals surface area contributed by atoms with Crippen LogP contribution in [0.5, 0.6) is 0 Å². The molecule has 0 aliphatic carbocycles. The van der Waals surface area contributed by atoms with E-state index in [1.54, 1.807) is 11.8 Å². The first-order chi connectivity index (χ1) is 9.43. The molecule has 1 unspecified atom stereocenters. The van der Waals surface area contributed by atoms with Gasteiger partial charge in [-0.1, -0.05) is 25.1 Å². The van der Waals surface area contributed by atoms with E-state index in [0.717, 1.165) is 11.3 Å². The third-order valence-corrected chi connectivity index (χ3v) is 3.39. The van der Waals surface area contributed by atoms with Crippen LogP contribution in [0.3, 0.4) is 0 Å². The Morgan fingerprint density at radius 3 is 2.30 bits per heavy atom. The number of urea groups is 1. The average Bonchev–Trinajstić information content (AvgIpc) is 2.41. The van der Waals surface area contributed by atoms with Crippen LogP contribution < -0.4 is 4.90 Å². The van der Waals surface area contributed by atoms with Gasteiger partial charge in [0.25, 0.3) is 0 Å². The summed E-state index contributed by atoms with van der Waals surface area (Å²) in [4.78, 5) is 26.6. The zero-order valence-electron chi connectivity index (χ0n) is 12.5. The third kappa shape index (κ3) is 3.29. The van der Waals surface area contributed by atoms with Crippen molar-refractivity contribution < 1.29 is 14.7 Å². The molecular formula is C15H22N2O3. The van der Waals surface area contributed by atoms with E-state index >= 15 is 0 Å². The molecule has 0 aromatic heterocycles. The highest BCUT2D eigenvalue weighted by molar-refractivity contribution is 5.94. The van der Waals surface area contributed by atoms with Gasteiger partial charge in [0.1, 0.15) is 6.04 Å². The van der Waals surface area contributed by atoms with Crippen LogP contribution in [0.2, 0.25) is 0 Å². The van der Waals surface area contributed by atoms with Crippen LogP contribution in [-0.2, 0) is 4.79 Å². The molecule has 1 rings (SSSR count). The highest BCUT2D eigenvalue weighted by Crippen LogP contribution is 2.21.